The molecule has 0 aromatic heterocycles. The molecular weight excluding hydrogens is 376 g/mol. The van der Waals surface area contributed by atoms with Crippen LogP contribution in [0.2, 0.25) is 0 Å². The van der Waals surface area contributed by atoms with Crippen LogP contribution in [0, 0.1) is 5.92 Å². The lowest BCUT2D eigenvalue weighted by atomic mass is 9.98. The number of hydrogen-bond acceptors (Lipinski definition) is 4. The summed E-state index contributed by atoms with van der Waals surface area (Å²) in [5.41, 5.74) is 0.486. The Morgan fingerprint density at radius 2 is 2.17 bits per heavy atom. The molecule has 0 saturated carbocycles. The first-order valence-corrected chi connectivity index (χ1v) is 8.78. The van der Waals surface area contributed by atoms with Crippen molar-refractivity contribution >= 4 is 33.7 Å². The van der Waals surface area contributed by atoms with Crippen LogP contribution in [0.3, 0.4) is 0 Å². The number of likely N-dealkylation sites (tertiary alicyclic amines) is 1. The Bertz CT molecular complexity index is 620. The van der Waals surface area contributed by atoms with Crippen molar-refractivity contribution in [2.75, 3.05) is 26.2 Å². The predicted molar refractivity (Wildman–Crippen MR) is 92.4 cm³/mol. The van der Waals surface area contributed by atoms with Gasteiger partial charge in [0.1, 0.15) is 0 Å². The molecule has 1 aromatic carbocycles. The first-order valence-electron chi connectivity index (χ1n) is 7.99. The summed E-state index contributed by atoms with van der Waals surface area (Å²) in [7, 11) is 0. The molecule has 0 spiro atoms. The molecule has 1 saturated heterocycles. The minimum absolute atomic E-state index is 0.0824. The lowest BCUT2D eigenvalue weighted by Crippen LogP contribution is -2.46. The third kappa shape index (κ3) is 5.06. The van der Waals surface area contributed by atoms with Crippen LogP contribution in [0.1, 0.15) is 30.1 Å². The van der Waals surface area contributed by atoms with Gasteiger partial charge in [-0.15, -0.1) is 0 Å². The van der Waals surface area contributed by atoms with E-state index in [1.807, 2.05) is 6.07 Å². The van der Waals surface area contributed by atoms with Gasteiger partial charge in [0.15, 0.2) is 0 Å². The maximum atomic E-state index is 12.3. The van der Waals surface area contributed by atoms with Crippen LogP contribution in [-0.2, 0) is 14.3 Å². The molecule has 1 heterocycles. The maximum Gasteiger partial charge on any atom is 0.310 e. The van der Waals surface area contributed by atoms with Gasteiger partial charge in [0.25, 0.3) is 5.91 Å². The Hall–Kier alpha value is -1.89. The predicted octanol–water partition coefficient (Wildman–Crippen LogP) is 1.98. The largest absolute Gasteiger partial charge is 0.466 e. The monoisotopic (exact) mass is 396 g/mol. The van der Waals surface area contributed by atoms with Crippen molar-refractivity contribution in [3.63, 3.8) is 0 Å². The fourth-order valence-electron chi connectivity index (χ4n) is 2.66. The molecule has 2 rings (SSSR count). The van der Waals surface area contributed by atoms with Gasteiger partial charge < -0.3 is 15.0 Å². The topological polar surface area (TPSA) is 75.7 Å². The number of nitrogens with one attached hydrogen (secondary N) is 1. The van der Waals surface area contributed by atoms with Crippen molar-refractivity contribution in [1.29, 1.82) is 0 Å². The van der Waals surface area contributed by atoms with E-state index in [1.54, 1.807) is 30.0 Å². The molecule has 7 heteroatoms. The van der Waals surface area contributed by atoms with Crippen LogP contribution in [0.5, 0.6) is 0 Å². The lowest BCUT2D eigenvalue weighted by Gasteiger charge is -2.31. The van der Waals surface area contributed by atoms with Crippen LogP contribution in [0.4, 0.5) is 0 Å². The summed E-state index contributed by atoms with van der Waals surface area (Å²) in [6, 6.07) is 6.96. The van der Waals surface area contributed by atoms with E-state index in [4.69, 9.17) is 4.74 Å². The molecule has 1 aliphatic rings. The highest BCUT2D eigenvalue weighted by atomic mass is 79.9. The zero-order valence-corrected chi connectivity index (χ0v) is 15.2. The highest BCUT2D eigenvalue weighted by Gasteiger charge is 2.29. The first-order chi connectivity index (χ1) is 11.5. The van der Waals surface area contributed by atoms with Gasteiger partial charge >= 0.3 is 5.97 Å². The average molecular weight is 397 g/mol. The Balaban J connectivity index is 1.85. The third-order valence-corrected chi connectivity index (χ3v) is 4.37. The number of halogens is 1. The number of ether oxygens (including phenoxy) is 1. The number of amides is 2. The van der Waals surface area contributed by atoms with Crippen molar-refractivity contribution in [1.82, 2.24) is 10.2 Å². The number of rotatable bonds is 5. The number of benzene rings is 1. The molecule has 0 aliphatic carbocycles. The van der Waals surface area contributed by atoms with Gasteiger partial charge in [0.2, 0.25) is 5.91 Å². The summed E-state index contributed by atoms with van der Waals surface area (Å²) in [6.45, 7) is 2.97. The quantitative estimate of drug-likeness (QED) is 0.772. The van der Waals surface area contributed by atoms with Gasteiger partial charge in [-0.05, 0) is 38.0 Å². The molecule has 1 aliphatic heterocycles. The minimum atomic E-state index is -0.302. The second-order valence-electron chi connectivity index (χ2n) is 5.62. The smallest absolute Gasteiger partial charge is 0.310 e. The van der Waals surface area contributed by atoms with Crippen LogP contribution in [-0.4, -0.2) is 48.9 Å². The van der Waals surface area contributed by atoms with E-state index >= 15 is 0 Å². The van der Waals surface area contributed by atoms with Crippen molar-refractivity contribution in [3.8, 4) is 0 Å². The number of esters is 1. The zero-order chi connectivity index (χ0) is 17.5. The highest BCUT2D eigenvalue weighted by Crippen LogP contribution is 2.18. The van der Waals surface area contributed by atoms with E-state index in [-0.39, 0.29) is 30.2 Å². The van der Waals surface area contributed by atoms with Gasteiger partial charge in [-0.25, -0.2) is 0 Å². The molecule has 130 valence electrons. The van der Waals surface area contributed by atoms with Gasteiger partial charge in [-0.3, -0.25) is 14.4 Å². The Labute approximate surface area is 149 Å². The van der Waals surface area contributed by atoms with Crippen molar-refractivity contribution in [2.45, 2.75) is 19.8 Å². The van der Waals surface area contributed by atoms with Crippen LogP contribution >= 0.6 is 15.9 Å². The first kappa shape index (κ1) is 18.4. The molecule has 2 amide bonds. The number of hydrogen-bond donors (Lipinski definition) is 1. The summed E-state index contributed by atoms with van der Waals surface area (Å²) in [5, 5.41) is 2.63. The number of carbonyl (C=O) groups is 3. The van der Waals surface area contributed by atoms with E-state index < -0.39 is 0 Å². The van der Waals surface area contributed by atoms with E-state index in [2.05, 4.69) is 21.2 Å². The van der Waals surface area contributed by atoms with Gasteiger partial charge in [0.05, 0.1) is 19.1 Å². The minimum Gasteiger partial charge on any atom is -0.466 e. The summed E-state index contributed by atoms with van der Waals surface area (Å²) in [4.78, 5) is 37.8. The van der Waals surface area contributed by atoms with Gasteiger partial charge in [-0.1, -0.05) is 22.0 Å². The molecule has 0 bridgehead atoms. The van der Waals surface area contributed by atoms with E-state index in [9.17, 15) is 14.4 Å². The third-order valence-electron chi connectivity index (χ3n) is 3.88. The second kappa shape index (κ2) is 8.82. The van der Waals surface area contributed by atoms with Crippen molar-refractivity contribution in [3.05, 3.63) is 34.3 Å². The standard InChI is InChI=1S/C17H21BrN2O4/c1-2-24-17(23)13-6-4-8-20(11-13)15(21)10-19-16(22)12-5-3-7-14(18)9-12/h3,5,7,9,13H,2,4,6,8,10-11H2,1H3,(H,19,22). The lowest BCUT2D eigenvalue weighted by molar-refractivity contribution is -0.151. The van der Waals surface area contributed by atoms with Crippen molar-refractivity contribution in [2.24, 2.45) is 5.92 Å². The maximum absolute atomic E-state index is 12.3. The SMILES string of the molecule is CCOC(=O)C1CCCN(C(=O)CNC(=O)c2cccc(Br)c2)C1. The summed E-state index contributed by atoms with van der Waals surface area (Å²) >= 11 is 3.31. The fraction of sp³-hybridized carbons (Fsp3) is 0.471. The zero-order valence-electron chi connectivity index (χ0n) is 13.6. The van der Waals surface area contributed by atoms with Crippen LogP contribution in [0.15, 0.2) is 28.7 Å². The van der Waals surface area contributed by atoms with E-state index in [1.165, 1.54) is 0 Å². The highest BCUT2D eigenvalue weighted by molar-refractivity contribution is 9.10. The van der Waals surface area contributed by atoms with Crippen LogP contribution in [0.25, 0.3) is 0 Å². The Kier molecular flexibility index (Phi) is 6.78. The molecule has 24 heavy (non-hydrogen) atoms. The Morgan fingerprint density at radius 1 is 1.38 bits per heavy atom. The molecule has 1 fully saturated rings. The summed E-state index contributed by atoms with van der Waals surface area (Å²) in [5.74, 6) is -1.02. The summed E-state index contributed by atoms with van der Waals surface area (Å²) < 4.78 is 5.83. The van der Waals surface area contributed by atoms with Crippen LogP contribution < -0.4 is 5.32 Å². The Morgan fingerprint density at radius 3 is 2.88 bits per heavy atom. The van der Waals surface area contributed by atoms with Gasteiger partial charge in [-0.2, -0.15) is 0 Å². The number of nitrogens with zero attached hydrogens (tertiary/aromatic N) is 1. The molecule has 1 aromatic rings. The average Bonchev–Trinajstić information content (AvgIpc) is 2.59. The number of carbonyl (C=O) groups excluding carboxylic acids is 3. The number of piperidine rings is 1. The van der Waals surface area contributed by atoms with E-state index in [0.717, 1.165) is 17.3 Å². The molecule has 6 nitrogen and oxygen atoms in total. The molecule has 0 radical (unpaired) electrons. The van der Waals surface area contributed by atoms with Crippen molar-refractivity contribution < 1.29 is 19.1 Å². The second-order valence-corrected chi connectivity index (χ2v) is 6.54. The molecule has 1 N–H and O–H groups in total. The fourth-order valence-corrected chi connectivity index (χ4v) is 3.05. The summed E-state index contributed by atoms with van der Waals surface area (Å²) in [6.07, 6.45) is 1.49. The van der Waals surface area contributed by atoms with Gasteiger partial charge in [0, 0.05) is 23.1 Å². The molecular formula is C17H21BrN2O4. The molecule has 1 atom stereocenters. The van der Waals surface area contributed by atoms with E-state index in [0.29, 0.717) is 25.3 Å². The molecule has 1 unspecified atom stereocenters. The normalized spacial score (nSPS) is 17.2.